The molecule has 1 fully saturated rings. The van der Waals surface area contributed by atoms with Crippen LogP contribution in [0.25, 0.3) is 0 Å². The van der Waals surface area contributed by atoms with Gasteiger partial charge in [-0.05, 0) is 6.42 Å². The number of aliphatic imine (C=N–C) groups is 1. The molecule has 28 heavy (non-hydrogen) atoms. The van der Waals surface area contributed by atoms with E-state index in [0.717, 1.165) is 23.9 Å². The van der Waals surface area contributed by atoms with E-state index in [1.807, 2.05) is 0 Å². The molecule has 1 amide bonds. The second-order valence-corrected chi connectivity index (χ2v) is 7.37. The molecule has 0 aromatic heterocycles. The van der Waals surface area contributed by atoms with Gasteiger partial charge in [-0.3, -0.25) is 15.4 Å². The van der Waals surface area contributed by atoms with Crippen molar-refractivity contribution in [1.29, 1.82) is 0 Å². The summed E-state index contributed by atoms with van der Waals surface area (Å²) in [7, 11) is 0. The van der Waals surface area contributed by atoms with Gasteiger partial charge in [0.1, 0.15) is 5.54 Å². The number of rotatable bonds is 2. The first-order valence-electron chi connectivity index (χ1n) is 8.09. The summed E-state index contributed by atoms with van der Waals surface area (Å²) in [4.78, 5) is 26.0. The normalized spacial score (nSPS) is 27.5. The largest absolute Gasteiger partial charge is 0.586 e. The molecule has 2 N–H and O–H groups in total. The van der Waals surface area contributed by atoms with E-state index in [1.165, 1.54) is 0 Å². The van der Waals surface area contributed by atoms with Crippen LogP contribution >= 0.6 is 11.8 Å². The van der Waals surface area contributed by atoms with Crippen LogP contribution in [0.5, 0.6) is 11.5 Å². The molecule has 3 aliphatic rings. The molecule has 10 nitrogen and oxygen atoms in total. The summed E-state index contributed by atoms with van der Waals surface area (Å²) in [5.74, 6) is -0.669. The Balaban J connectivity index is 1.92. The number of carboxylic acid groups (broad SMARTS) is 1. The third-order valence-corrected chi connectivity index (χ3v) is 5.75. The van der Waals surface area contributed by atoms with Gasteiger partial charge in [-0.25, -0.2) is 9.79 Å². The maximum Gasteiger partial charge on any atom is 0.586 e. The number of nitrogens with one attached hydrogen (secondary N) is 1. The number of carbonyl (C=O) groups is 1. The lowest BCUT2D eigenvalue weighted by molar-refractivity contribution is -0.385. The number of alkyl halides is 2. The molecule has 2 atom stereocenters. The Hall–Kier alpha value is -2.67. The van der Waals surface area contributed by atoms with E-state index in [0.29, 0.717) is 18.8 Å². The molecule has 13 heteroatoms. The van der Waals surface area contributed by atoms with Gasteiger partial charge >= 0.3 is 12.4 Å². The van der Waals surface area contributed by atoms with Crippen LogP contribution in [-0.2, 0) is 10.3 Å². The average molecular weight is 417 g/mol. The molecule has 0 unspecified atom stereocenters. The lowest BCUT2D eigenvalue weighted by atomic mass is 9.76. The minimum atomic E-state index is -3.98. The van der Waals surface area contributed by atoms with Gasteiger partial charge in [0, 0.05) is 29.9 Å². The Bertz CT molecular complexity index is 897. The maximum atomic E-state index is 13.7. The smallest absolute Gasteiger partial charge is 0.465 e. The van der Waals surface area contributed by atoms with Crippen molar-refractivity contribution >= 4 is 28.7 Å². The van der Waals surface area contributed by atoms with Crippen molar-refractivity contribution < 1.29 is 37.8 Å². The van der Waals surface area contributed by atoms with Crippen LogP contribution in [0.3, 0.4) is 0 Å². The van der Waals surface area contributed by atoms with Crippen molar-refractivity contribution in [3.8, 4) is 11.5 Å². The van der Waals surface area contributed by atoms with Crippen molar-refractivity contribution in [3.05, 3.63) is 27.8 Å². The number of nitrogens with zero attached hydrogens (tertiary/aromatic N) is 2. The van der Waals surface area contributed by atoms with Crippen LogP contribution in [0, 0.1) is 16.0 Å². The van der Waals surface area contributed by atoms with Crippen LogP contribution < -0.4 is 14.8 Å². The highest BCUT2D eigenvalue weighted by molar-refractivity contribution is 8.13. The summed E-state index contributed by atoms with van der Waals surface area (Å²) >= 11 is 1.16. The minimum Gasteiger partial charge on any atom is -0.465 e. The molecule has 1 aromatic carbocycles. The molecule has 3 heterocycles. The van der Waals surface area contributed by atoms with E-state index in [4.69, 9.17) is 9.84 Å². The zero-order valence-corrected chi connectivity index (χ0v) is 14.8. The number of ether oxygens (including phenoxy) is 3. The van der Waals surface area contributed by atoms with Crippen LogP contribution in [0.15, 0.2) is 17.1 Å². The predicted molar refractivity (Wildman–Crippen MR) is 91.0 cm³/mol. The molecule has 0 radical (unpaired) electrons. The number of hydrogen-bond acceptors (Lipinski definition) is 8. The fraction of sp³-hybridized carbons (Fsp3) is 0.467. The van der Waals surface area contributed by atoms with Gasteiger partial charge in [0.05, 0.1) is 17.6 Å². The number of fused-ring (bicyclic) bond motifs is 2. The van der Waals surface area contributed by atoms with Gasteiger partial charge < -0.3 is 19.3 Å². The first kappa shape index (κ1) is 18.7. The number of halogens is 2. The van der Waals surface area contributed by atoms with E-state index in [2.05, 4.69) is 19.8 Å². The second-order valence-electron chi connectivity index (χ2n) is 6.37. The fourth-order valence-electron chi connectivity index (χ4n) is 3.52. The van der Waals surface area contributed by atoms with Crippen LogP contribution in [0.2, 0.25) is 0 Å². The summed E-state index contributed by atoms with van der Waals surface area (Å²) in [6, 6.07) is 1.95. The predicted octanol–water partition coefficient (Wildman–Crippen LogP) is 2.52. The first-order chi connectivity index (χ1) is 13.2. The highest BCUT2D eigenvalue weighted by Gasteiger charge is 2.53. The fourth-order valence-corrected chi connectivity index (χ4v) is 4.71. The van der Waals surface area contributed by atoms with Crippen LogP contribution in [-0.4, -0.2) is 46.6 Å². The third-order valence-electron chi connectivity index (χ3n) is 4.71. The molecule has 0 aliphatic carbocycles. The van der Waals surface area contributed by atoms with Crippen molar-refractivity contribution in [2.24, 2.45) is 10.9 Å². The Kier molecular flexibility index (Phi) is 4.30. The molecule has 3 aliphatic heterocycles. The summed E-state index contributed by atoms with van der Waals surface area (Å²) in [6.45, 7) is 0.320. The molecular weight excluding hydrogens is 404 g/mol. The topological polar surface area (TPSA) is 133 Å². The van der Waals surface area contributed by atoms with E-state index in [-0.39, 0.29) is 29.0 Å². The number of nitro benzene ring substituents is 1. The van der Waals surface area contributed by atoms with Crippen molar-refractivity contribution in [2.45, 2.75) is 18.3 Å². The molecular formula is C15H13F2N3O7S. The molecule has 0 bridgehead atoms. The number of amidine groups is 1. The van der Waals surface area contributed by atoms with Crippen LogP contribution in [0.4, 0.5) is 19.3 Å². The number of amides is 1. The molecule has 150 valence electrons. The van der Waals surface area contributed by atoms with Gasteiger partial charge in [-0.2, -0.15) is 0 Å². The molecule has 0 saturated carbocycles. The van der Waals surface area contributed by atoms with E-state index in [1.54, 1.807) is 0 Å². The summed E-state index contributed by atoms with van der Waals surface area (Å²) < 4.78 is 42.0. The molecule has 0 spiro atoms. The summed E-state index contributed by atoms with van der Waals surface area (Å²) in [6.07, 6.45) is -4.82. The van der Waals surface area contributed by atoms with Crippen LogP contribution in [0.1, 0.15) is 12.0 Å². The second kappa shape index (κ2) is 6.44. The highest BCUT2D eigenvalue weighted by Crippen LogP contribution is 2.54. The Labute approximate surface area is 160 Å². The van der Waals surface area contributed by atoms with Crippen molar-refractivity contribution in [1.82, 2.24) is 5.32 Å². The lowest BCUT2D eigenvalue weighted by Gasteiger charge is -2.44. The summed E-state index contributed by atoms with van der Waals surface area (Å²) in [5, 5.41) is 22.5. The van der Waals surface area contributed by atoms with Crippen molar-refractivity contribution in [3.63, 3.8) is 0 Å². The van der Waals surface area contributed by atoms with Crippen molar-refractivity contribution in [2.75, 3.05) is 19.0 Å². The van der Waals surface area contributed by atoms with Gasteiger partial charge in [0.2, 0.25) is 0 Å². The molecule has 4 rings (SSSR count). The lowest BCUT2D eigenvalue weighted by Crippen LogP contribution is -2.48. The monoisotopic (exact) mass is 417 g/mol. The molecule has 1 aromatic rings. The van der Waals surface area contributed by atoms with Gasteiger partial charge in [0.25, 0.3) is 5.69 Å². The van der Waals surface area contributed by atoms with Gasteiger partial charge in [-0.1, -0.05) is 11.8 Å². The Morgan fingerprint density at radius 3 is 2.93 bits per heavy atom. The molecule has 1 saturated heterocycles. The Morgan fingerprint density at radius 1 is 1.43 bits per heavy atom. The Morgan fingerprint density at radius 2 is 2.21 bits per heavy atom. The minimum absolute atomic E-state index is 0.00330. The van der Waals surface area contributed by atoms with E-state index >= 15 is 0 Å². The standard InChI is InChI=1S/C15H13F2N3O7S/c16-15(17)26-10-4-8(20(23)24)3-9(11(10)27-15)14-6-25-2-1-7(14)5-28-12(19-14)18-13(21)22/h3-4,7H,1-2,5-6H2,(H,18,19)(H,21,22)/t7-,14-/m0/s1. The number of hydrogen-bond donors (Lipinski definition) is 2. The summed E-state index contributed by atoms with van der Waals surface area (Å²) in [5.41, 5.74) is -1.81. The van der Waals surface area contributed by atoms with Gasteiger partial charge in [0.15, 0.2) is 16.7 Å². The highest BCUT2D eigenvalue weighted by atomic mass is 32.2. The maximum absolute atomic E-state index is 13.7. The van der Waals surface area contributed by atoms with E-state index < -0.39 is 34.3 Å². The third kappa shape index (κ3) is 3.09. The first-order valence-corrected chi connectivity index (χ1v) is 9.08. The SMILES string of the molecule is O=C(O)NC1=N[C@@]2(c3cc([N+](=O)[O-])cc4c3OC(F)(F)O4)COCC[C@H]2CS1. The zero-order valence-electron chi connectivity index (χ0n) is 14.0. The van der Waals surface area contributed by atoms with Gasteiger partial charge in [-0.15, -0.1) is 8.78 Å². The number of thioether (sulfide) groups is 1. The number of nitro groups is 1. The average Bonchev–Trinajstić information content (AvgIpc) is 2.93. The number of non-ortho nitro benzene ring substituents is 1. The number of benzene rings is 1. The quantitative estimate of drug-likeness (QED) is 0.554. The zero-order chi connectivity index (χ0) is 20.1. The van der Waals surface area contributed by atoms with E-state index in [9.17, 15) is 23.7 Å².